The number of aryl methyl sites for hydroxylation is 1. The molecule has 0 aromatic carbocycles. The number of carbonyl (C=O) groups excluding carboxylic acids is 2. The van der Waals surface area contributed by atoms with E-state index in [1.165, 1.54) is 0 Å². The van der Waals surface area contributed by atoms with Gasteiger partial charge in [0.2, 0.25) is 0 Å². The molecule has 1 aliphatic carbocycles. The SMILES string of the molecule is CCCn1cncc1C(=O)C1CCCC(=O)C1. The summed E-state index contributed by atoms with van der Waals surface area (Å²) in [7, 11) is 0. The molecule has 0 radical (unpaired) electrons. The summed E-state index contributed by atoms with van der Waals surface area (Å²) >= 11 is 0. The van der Waals surface area contributed by atoms with Crippen LogP contribution in [0, 0.1) is 5.92 Å². The molecule has 1 aromatic heterocycles. The fourth-order valence-corrected chi connectivity index (χ4v) is 2.40. The molecular weight excluding hydrogens is 216 g/mol. The predicted octanol–water partition coefficient (Wildman–Crippen LogP) is 2.24. The molecule has 4 heteroatoms. The smallest absolute Gasteiger partial charge is 0.184 e. The first-order valence-corrected chi connectivity index (χ1v) is 6.28. The van der Waals surface area contributed by atoms with Gasteiger partial charge in [0.25, 0.3) is 0 Å². The maximum absolute atomic E-state index is 12.3. The van der Waals surface area contributed by atoms with Crippen LogP contribution in [0.1, 0.15) is 49.5 Å². The second-order valence-corrected chi connectivity index (χ2v) is 4.67. The van der Waals surface area contributed by atoms with Crippen molar-refractivity contribution in [3.8, 4) is 0 Å². The summed E-state index contributed by atoms with van der Waals surface area (Å²) in [5.41, 5.74) is 0.659. The lowest BCUT2D eigenvalue weighted by Crippen LogP contribution is -2.24. The third-order valence-electron chi connectivity index (χ3n) is 3.28. The van der Waals surface area contributed by atoms with E-state index in [2.05, 4.69) is 11.9 Å². The van der Waals surface area contributed by atoms with Crippen molar-refractivity contribution < 1.29 is 9.59 Å². The monoisotopic (exact) mass is 234 g/mol. The number of carbonyl (C=O) groups is 2. The minimum absolute atomic E-state index is 0.0870. The summed E-state index contributed by atoms with van der Waals surface area (Å²) in [6.45, 7) is 2.88. The normalized spacial score (nSPS) is 20.5. The van der Waals surface area contributed by atoms with E-state index in [0.29, 0.717) is 18.5 Å². The Kier molecular flexibility index (Phi) is 3.71. The third-order valence-corrected chi connectivity index (χ3v) is 3.28. The number of aromatic nitrogens is 2. The Morgan fingerprint density at radius 1 is 1.59 bits per heavy atom. The Labute approximate surface area is 101 Å². The van der Waals surface area contributed by atoms with Gasteiger partial charge in [-0.05, 0) is 19.3 Å². The molecule has 0 bridgehead atoms. The molecule has 92 valence electrons. The molecule has 1 aliphatic rings. The van der Waals surface area contributed by atoms with Crippen molar-refractivity contribution >= 4 is 11.6 Å². The van der Waals surface area contributed by atoms with Crippen LogP contribution in [0.15, 0.2) is 12.5 Å². The highest BCUT2D eigenvalue weighted by atomic mass is 16.1. The molecule has 0 N–H and O–H groups in total. The standard InChI is InChI=1S/C13H18N2O2/c1-2-6-15-9-14-8-12(15)13(17)10-4-3-5-11(16)7-10/h8-10H,2-7H2,1H3. The van der Waals surface area contributed by atoms with Gasteiger partial charge in [-0.2, -0.15) is 0 Å². The summed E-state index contributed by atoms with van der Waals surface area (Å²) in [5.74, 6) is 0.184. The van der Waals surface area contributed by atoms with Crippen molar-refractivity contribution in [1.82, 2.24) is 9.55 Å². The Morgan fingerprint density at radius 2 is 2.41 bits per heavy atom. The molecule has 0 saturated heterocycles. The van der Waals surface area contributed by atoms with Gasteiger partial charge in [0.15, 0.2) is 5.78 Å². The quantitative estimate of drug-likeness (QED) is 0.751. The average Bonchev–Trinajstić information content (AvgIpc) is 2.77. The van der Waals surface area contributed by atoms with Crippen LogP contribution < -0.4 is 0 Å². The van der Waals surface area contributed by atoms with Crippen LogP contribution >= 0.6 is 0 Å². The van der Waals surface area contributed by atoms with Gasteiger partial charge in [-0.1, -0.05) is 6.92 Å². The number of hydrogen-bond acceptors (Lipinski definition) is 3. The molecule has 4 nitrogen and oxygen atoms in total. The van der Waals surface area contributed by atoms with E-state index < -0.39 is 0 Å². The molecule has 17 heavy (non-hydrogen) atoms. The van der Waals surface area contributed by atoms with Crippen LogP contribution in [0.5, 0.6) is 0 Å². The second kappa shape index (κ2) is 5.25. The molecule has 0 amide bonds. The van der Waals surface area contributed by atoms with E-state index in [-0.39, 0.29) is 17.5 Å². The first-order chi connectivity index (χ1) is 8.22. The zero-order chi connectivity index (χ0) is 12.3. The maximum atomic E-state index is 12.3. The minimum atomic E-state index is -0.122. The summed E-state index contributed by atoms with van der Waals surface area (Å²) < 4.78 is 1.89. The predicted molar refractivity (Wildman–Crippen MR) is 63.8 cm³/mol. The lowest BCUT2D eigenvalue weighted by atomic mass is 9.84. The molecule has 1 fully saturated rings. The zero-order valence-electron chi connectivity index (χ0n) is 10.2. The summed E-state index contributed by atoms with van der Waals surface area (Å²) in [5, 5.41) is 0. The largest absolute Gasteiger partial charge is 0.328 e. The number of rotatable bonds is 4. The van der Waals surface area contributed by atoms with Gasteiger partial charge in [0.05, 0.1) is 12.5 Å². The number of Topliss-reactive ketones (excluding diaryl/α,β-unsaturated/α-hetero) is 2. The van der Waals surface area contributed by atoms with Crippen LogP contribution in [0.25, 0.3) is 0 Å². The third kappa shape index (κ3) is 2.62. The number of ketones is 2. The van der Waals surface area contributed by atoms with E-state index in [0.717, 1.165) is 25.8 Å². The summed E-state index contributed by atoms with van der Waals surface area (Å²) in [6.07, 6.45) is 7.02. The Morgan fingerprint density at radius 3 is 3.12 bits per heavy atom. The van der Waals surface area contributed by atoms with Crippen LogP contribution in [-0.2, 0) is 11.3 Å². The van der Waals surface area contributed by atoms with Gasteiger partial charge >= 0.3 is 0 Å². The molecule has 0 spiro atoms. The highest BCUT2D eigenvalue weighted by Gasteiger charge is 2.28. The molecule has 0 aliphatic heterocycles. The highest BCUT2D eigenvalue weighted by molar-refractivity contribution is 5.99. The van der Waals surface area contributed by atoms with Gasteiger partial charge in [0, 0.05) is 25.3 Å². The van der Waals surface area contributed by atoms with E-state index in [1.54, 1.807) is 12.5 Å². The Balaban J connectivity index is 2.12. The van der Waals surface area contributed by atoms with Crippen molar-refractivity contribution in [1.29, 1.82) is 0 Å². The lowest BCUT2D eigenvalue weighted by Gasteiger charge is -2.19. The molecule has 2 rings (SSSR count). The lowest BCUT2D eigenvalue weighted by molar-refractivity contribution is -0.121. The molecule has 1 heterocycles. The van der Waals surface area contributed by atoms with E-state index in [1.807, 2.05) is 4.57 Å². The van der Waals surface area contributed by atoms with Crippen LogP contribution in [0.3, 0.4) is 0 Å². The Hall–Kier alpha value is -1.45. The van der Waals surface area contributed by atoms with Crippen molar-refractivity contribution in [2.75, 3.05) is 0 Å². The number of nitrogens with zero attached hydrogens (tertiary/aromatic N) is 2. The highest BCUT2D eigenvalue weighted by Crippen LogP contribution is 2.24. The van der Waals surface area contributed by atoms with Gasteiger partial charge in [0.1, 0.15) is 11.5 Å². The van der Waals surface area contributed by atoms with Crippen molar-refractivity contribution in [2.24, 2.45) is 5.92 Å². The Bertz CT molecular complexity index is 423. The average molecular weight is 234 g/mol. The minimum Gasteiger partial charge on any atom is -0.328 e. The van der Waals surface area contributed by atoms with Crippen LogP contribution in [0.2, 0.25) is 0 Å². The van der Waals surface area contributed by atoms with Crippen molar-refractivity contribution in [2.45, 2.75) is 45.6 Å². The van der Waals surface area contributed by atoms with Crippen molar-refractivity contribution in [3.63, 3.8) is 0 Å². The van der Waals surface area contributed by atoms with Crippen LogP contribution in [-0.4, -0.2) is 21.1 Å². The van der Waals surface area contributed by atoms with Crippen LogP contribution in [0.4, 0.5) is 0 Å². The van der Waals surface area contributed by atoms with Gasteiger partial charge < -0.3 is 4.57 Å². The number of imidazole rings is 1. The van der Waals surface area contributed by atoms with Gasteiger partial charge in [-0.25, -0.2) is 4.98 Å². The first kappa shape index (κ1) is 12.0. The maximum Gasteiger partial charge on any atom is 0.184 e. The first-order valence-electron chi connectivity index (χ1n) is 6.28. The molecule has 1 saturated carbocycles. The fraction of sp³-hybridized carbons (Fsp3) is 0.615. The van der Waals surface area contributed by atoms with Gasteiger partial charge in [-0.15, -0.1) is 0 Å². The fourth-order valence-electron chi connectivity index (χ4n) is 2.40. The second-order valence-electron chi connectivity index (χ2n) is 4.67. The zero-order valence-corrected chi connectivity index (χ0v) is 10.2. The van der Waals surface area contributed by atoms with Crippen molar-refractivity contribution in [3.05, 3.63) is 18.2 Å². The van der Waals surface area contributed by atoms with Gasteiger partial charge in [-0.3, -0.25) is 9.59 Å². The topological polar surface area (TPSA) is 52.0 Å². The van der Waals surface area contributed by atoms with E-state index >= 15 is 0 Å². The molecule has 1 unspecified atom stereocenters. The van der Waals surface area contributed by atoms with E-state index in [9.17, 15) is 9.59 Å². The summed E-state index contributed by atoms with van der Waals surface area (Å²) in [4.78, 5) is 27.7. The molecule has 1 aromatic rings. The van der Waals surface area contributed by atoms with E-state index in [4.69, 9.17) is 0 Å². The summed E-state index contributed by atoms with van der Waals surface area (Å²) in [6, 6.07) is 0. The molecular formula is C13H18N2O2. The molecule has 1 atom stereocenters. The number of hydrogen-bond donors (Lipinski definition) is 0.